The predicted molar refractivity (Wildman–Crippen MR) is 86.9 cm³/mol. The molecule has 1 unspecified atom stereocenters. The van der Waals surface area contributed by atoms with Crippen molar-refractivity contribution in [2.24, 2.45) is 0 Å². The van der Waals surface area contributed by atoms with Crippen LogP contribution in [0.15, 0.2) is 18.2 Å². The van der Waals surface area contributed by atoms with Crippen molar-refractivity contribution in [2.45, 2.75) is 57.2 Å². The molecule has 1 atom stereocenters. The molecule has 1 nitrogen and oxygen atoms in total. The molecule has 1 N–H and O–H groups in total. The average Bonchev–Trinajstić information content (AvgIpc) is 2.47. The largest absolute Gasteiger partial charge is 0.309 e. The molecule has 1 aromatic carbocycles. The summed E-state index contributed by atoms with van der Waals surface area (Å²) >= 11 is 2.03. The SMILES string of the molecule is CCNC(CSC1CCCCC1)c1cc(C)ccc1F. The highest BCUT2D eigenvalue weighted by atomic mass is 32.2. The zero-order valence-corrected chi connectivity index (χ0v) is 13.4. The fraction of sp³-hybridized carbons (Fsp3) is 0.647. The van der Waals surface area contributed by atoms with Crippen LogP contribution in [0, 0.1) is 12.7 Å². The molecule has 0 aliphatic heterocycles. The van der Waals surface area contributed by atoms with Crippen LogP contribution in [0.3, 0.4) is 0 Å². The maximum Gasteiger partial charge on any atom is 0.128 e. The normalized spacial score (nSPS) is 18.1. The number of thioether (sulfide) groups is 1. The summed E-state index contributed by atoms with van der Waals surface area (Å²) in [5.74, 6) is 0.893. The smallest absolute Gasteiger partial charge is 0.128 e. The molecule has 1 saturated carbocycles. The number of benzene rings is 1. The van der Waals surface area contributed by atoms with Crippen LogP contribution in [-0.4, -0.2) is 17.5 Å². The van der Waals surface area contributed by atoms with Gasteiger partial charge in [-0.1, -0.05) is 43.9 Å². The van der Waals surface area contributed by atoms with Gasteiger partial charge < -0.3 is 5.32 Å². The van der Waals surface area contributed by atoms with E-state index in [1.54, 1.807) is 6.07 Å². The van der Waals surface area contributed by atoms with Crippen LogP contribution in [0.4, 0.5) is 4.39 Å². The molecule has 1 aromatic rings. The summed E-state index contributed by atoms with van der Waals surface area (Å²) in [6.45, 7) is 5.00. The van der Waals surface area contributed by atoms with E-state index < -0.39 is 0 Å². The van der Waals surface area contributed by atoms with Crippen molar-refractivity contribution in [1.29, 1.82) is 0 Å². The first-order chi connectivity index (χ1) is 9.70. The summed E-state index contributed by atoms with van der Waals surface area (Å²) in [7, 11) is 0. The minimum Gasteiger partial charge on any atom is -0.309 e. The molecule has 1 fully saturated rings. The molecule has 3 heteroatoms. The van der Waals surface area contributed by atoms with Crippen LogP contribution >= 0.6 is 11.8 Å². The lowest BCUT2D eigenvalue weighted by molar-refractivity contribution is 0.512. The van der Waals surface area contributed by atoms with Crippen LogP contribution < -0.4 is 5.32 Å². The van der Waals surface area contributed by atoms with E-state index in [-0.39, 0.29) is 11.9 Å². The first kappa shape index (κ1) is 15.8. The maximum atomic E-state index is 14.1. The van der Waals surface area contributed by atoms with E-state index in [2.05, 4.69) is 12.2 Å². The van der Waals surface area contributed by atoms with Gasteiger partial charge in [-0.3, -0.25) is 0 Å². The zero-order valence-electron chi connectivity index (χ0n) is 12.6. The van der Waals surface area contributed by atoms with Crippen molar-refractivity contribution in [3.05, 3.63) is 35.1 Å². The van der Waals surface area contributed by atoms with Gasteiger partial charge in [0.15, 0.2) is 0 Å². The molecule has 0 radical (unpaired) electrons. The van der Waals surface area contributed by atoms with E-state index in [0.29, 0.717) is 0 Å². The lowest BCUT2D eigenvalue weighted by Crippen LogP contribution is -2.25. The molecule has 0 amide bonds. The highest BCUT2D eigenvalue weighted by Crippen LogP contribution is 2.31. The van der Waals surface area contributed by atoms with E-state index in [0.717, 1.165) is 28.7 Å². The summed E-state index contributed by atoms with van der Waals surface area (Å²) in [4.78, 5) is 0. The second kappa shape index (κ2) is 8.04. The second-order valence-electron chi connectivity index (χ2n) is 5.73. The Morgan fingerprint density at radius 2 is 2.05 bits per heavy atom. The van der Waals surface area contributed by atoms with E-state index >= 15 is 0 Å². The van der Waals surface area contributed by atoms with Crippen molar-refractivity contribution >= 4 is 11.8 Å². The van der Waals surface area contributed by atoms with Crippen molar-refractivity contribution in [3.63, 3.8) is 0 Å². The number of nitrogens with one attached hydrogen (secondary N) is 1. The Kier molecular flexibility index (Phi) is 6.37. The van der Waals surface area contributed by atoms with Crippen molar-refractivity contribution in [1.82, 2.24) is 5.32 Å². The van der Waals surface area contributed by atoms with Gasteiger partial charge in [-0.2, -0.15) is 11.8 Å². The number of halogens is 1. The zero-order chi connectivity index (χ0) is 14.4. The highest BCUT2D eigenvalue weighted by molar-refractivity contribution is 7.99. The molecular weight excluding hydrogens is 269 g/mol. The van der Waals surface area contributed by atoms with Crippen LogP contribution in [-0.2, 0) is 0 Å². The molecular formula is C17H26FNS. The summed E-state index contributed by atoms with van der Waals surface area (Å²) in [5, 5.41) is 4.22. The van der Waals surface area contributed by atoms with Gasteiger partial charge in [-0.25, -0.2) is 4.39 Å². The van der Waals surface area contributed by atoms with Crippen LogP contribution in [0.1, 0.15) is 56.2 Å². The van der Waals surface area contributed by atoms with Crippen LogP contribution in [0.5, 0.6) is 0 Å². The van der Waals surface area contributed by atoms with E-state index in [4.69, 9.17) is 0 Å². The molecule has 0 saturated heterocycles. The first-order valence-electron chi connectivity index (χ1n) is 7.81. The van der Waals surface area contributed by atoms with Gasteiger partial charge in [0.05, 0.1) is 0 Å². The fourth-order valence-electron chi connectivity index (χ4n) is 2.90. The van der Waals surface area contributed by atoms with Gasteiger partial charge >= 0.3 is 0 Å². The molecule has 1 aliphatic carbocycles. The van der Waals surface area contributed by atoms with Crippen LogP contribution in [0.2, 0.25) is 0 Å². The van der Waals surface area contributed by atoms with Gasteiger partial charge in [0.2, 0.25) is 0 Å². The predicted octanol–water partition coefficient (Wildman–Crippen LogP) is 4.85. The minimum atomic E-state index is -0.0780. The van der Waals surface area contributed by atoms with Crippen LogP contribution in [0.25, 0.3) is 0 Å². The van der Waals surface area contributed by atoms with E-state index in [1.165, 1.54) is 32.1 Å². The summed E-state index contributed by atoms with van der Waals surface area (Å²) in [6.07, 6.45) is 6.78. The number of hydrogen-bond donors (Lipinski definition) is 1. The lowest BCUT2D eigenvalue weighted by atomic mass is 10.0. The first-order valence-corrected chi connectivity index (χ1v) is 8.86. The van der Waals surface area contributed by atoms with Gasteiger partial charge in [0, 0.05) is 22.6 Å². The average molecular weight is 295 g/mol. The summed E-state index contributed by atoms with van der Waals surface area (Å²) in [6, 6.07) is 5.56. The van der Waals surface area contributed by atoms with Crippen molar-refractivity contribution in [3.8, 4) is 0 Å². The Labute approximate surface area is 126 Å². The summed E-state index contributed by atoms with van der Waals surface area (Å²) < 4.78 is 14.1. The molecule has 0 spiro atoms. The van der Waals surface area contributed by atoms with Crippen molar-refractivity contribution < 1.29 is 4.39 Å². The Morgan fingerprint density at radius 3 is 2.75 bits per heavy atom. The third kappa shape index (κ3) is 4.49. The van der Waals surface area contributed by atoms with Gasteiger partial charge in [-0.05, 0) is 32.4 Å². The van der Waals surface area contributed by atoms with Gasteiger partial charge in [0.25, 0.3) is 0 Å². The molecule has 112 valence electrons. The molecule has 0 bridgehead atoms. The number of hydrogen-bond acceptors (Lipinski definition) is 2. The van der Waals surface area contributed by atoms with Gasteiger partial charge in [-0.15, -0.1) is 0 Å². The Hall–Kier alpha value is -0.540. The summed E-state index contributed by atoms with van der Waals surface area (Å²) in [5.41, 5.74) is 1.96. The highest BCUT2D eigenvalue weighted by Gasteiger charge is 2.19. The minimum absolute atomic E-state index is 0.0780. The molecule has 20 heavy (non-hydrogen) atoms. The third-order valence-electron chi connectivity index (χ3n) is 4.03. The Morgan fingerprint density at radius 1 is 1.30 bits per heavy atom. The number of aryl methyl sites for hydroxylation is 1. The lowest BCUT2D eigenvalue weighted by Gasteiger charge is -2.25. The Balaban J connectivity index is 2.00. The molecule has 2 rings (SSSR count). The third-order valence-corrected chi connectivity index (χ3v) is 5.50. The standard InChI is InChI=1S/C17H26FNS/c1-3-19-17(12-20-14-7-5-4-6-8-14)15-11-13(2)9-10-16(15)18/h9-11,14,17,19H,3-8,12H2,1-2H3. The second-order valence-corrected chi connectivity index (χ2v) is 7.06. The molecule has 0 heterocycles. The maximum absolute atomic E-state index is 14.1. The Bertz CT molecular complexity index is 415. The topological polar surface area (TPSA) is 12.0 Å². The monoisotopic (exact) mass is 295 g/mol. The van der Waals surface area contributed by atoms with Gasteiger partial charge in [0.1, 0.15) is 5.82 Å². The quantitative estimate of drug-likeness (QED) is 0.805. The molecule has 1 aliphatic rings. The fourth-order valence-corrected chi connectivity index (χ4v) is 4.33. The van der Waals surface area contributed by atoms with E-state index in [1.807, 2.05) is 30.8 Å². The van der Waals surface area contributed by atoms with Crippen molar-refractivity contribution in [2.75, 3.05) is 12.3 Å². The van der Waals surface area contributed by atoms with E-state index in [9.17, 15) is 4.39 Å². The molecule has 0 aromatic heterocycles. The number of rotatable bonds is 6.